The molecular formula is C20H20ClF3N2OS. The quantitative estimate of drug-likeness (QED) is 0.586. The molecule has 3 unspecified atom stereocenters. The van der Waals surface area contributed by atoms with Crippen molar-refractivity contribution in [2.45, 2.75) is 48.9 Å². The Labute approximate surface area is 171 Å². The van der Waals surface area contributed by atoms with E-state index in [1.807, 2.05) is 0 Å². The summed E-state index contributed by atoms with van der Waals surface area (Å²) in [6.45, 7) is 4.23. The van der Waals surface area contributed by atoms with Crippen LogP contribution in [0.1, 0.15) is 37.0 Å². The minimum absolute atomic E-state index is 0.162. The third kappa shape index (κ3) is 4.47. The average Bonchev–Trinajstić information content (AvgIpc) is 2.65. The van der Waals surface area contributed by atoms with E-state index >= 15 is 0 Å². The van der Waals surface area contributed by atoms with Crippen LogP contribution in [0.2, 0.25) is 5.02 Å². The van der Waals surface area contributed by atoms with Crippen molar-refractivity contribution in [2.24, 2.45) is 0 Å². The first kappa shape index (κ1) is 21.0. The van der Waals surface area contributed by atoms with Crippen molar-refractivity contribution in [3.63, 3.8) is 0 Å². The van der Waals surface area contributed by atoms with E-state index in [0.717, 1.165) is 29.9 Å². The zero-order valence-corrected chi connectivity index (χ0v) is 16.9. The molecule has 2 aromatic rings. The second kappa shape index (κ2) is 8.76. The number of carbonyl (C=O) groups is 1. The van der Waals surface area contributed by atoms with Gasteiger partial charge in [-0.05, 0) is 31.5 Å². The predicted molar refractivity (Wildman–Crippen MR) is 107 cm³/mol. The summed E-state index contributed by atoms with van der Waals surface area (Å²) in [5.74, 6) is -4.87. The number of amides is 1. The highest BCUT2D eigenvalue weighted by Gasteiger charge is 2.37. The van der Waals surface area contributed by atoms with Crippen LogP contribution in [0.5, 0.6) is 0 Å². The maximum atomic E-state index is 13.3. The summed E-state index contributed by atoms with van der Waals surface area (Å²) in [4.78, 5) is 13.2. The molecule has 150 valence electrons. The van der Waals surface area contributed by atoms with Gasteiger partial charge in [0.05, 0.1) is 5.02 Å². The maximum absolute atomic E-state index is 13.3. The Morgan fingerprint density at radius 1 is 1.21 bits per heavy atom. The summed E-state index contributed by atoms with van der Waals surface area (Å²) in [7, 11) is 0. The molecule has 0 spiro atoms. The Balaban J connectivity index is 1.76. The van der Waals surface area contributed by atoms with Crippen LogP contribution in [0.25, 0.3) is 0 Å². The number of nitrogens with one attached hydrogen (secondary N) is 2. The molecule has 1 aliphatic rings. The summed E-state index contributed by atoms with van der Waals surface area (Å²) >= 11 is 7.92. The lowest BCUT2D eigenvalue weighted by Crippen LogP contribution is -2.62. The van der Waals surface area contributed by atoms with Crippen molar-refractivity contribution in [3.05, 3.63) is 58.4 Å². The van der Waals surface area contributed by atoms with Crippen molar-refractivity contribution in [1.82, 2.24) is 5.32 Å². The molecule has 3 atom stereocenters. The van der Waals surface area contributed by atoms with Crippen LogP contribution >= 0.6 is 23.4 Å². The molecule has 2 N–H and O–H groups in total. The molecule has 0 aromatic heterocycles. The third-order valence-electron chi connectivity index (χ3n) is 4.66. The van der Waals surface area contributed by atoms with Gasteiger partial charge in [-0.15, -0.1) is 11.8 Å². The summed E-state index contributed by atoms with van der Waals surface area (Å²) in [5, 5.41) is 6.74. The van der Waals surface area contributed by atoms with Gasteiger partial charge < -0.3 is 10.6 Å². The molecular weight excluding hydrogens is 409 g/mol. The zero-order valence-electron chi connectivity index (χ0n) is 15.4. The van der Waals surface area contributed by atoms with E-state index in [9.17, 15) is 18.0 Å². The number of carbonyl (C=O) groups excluding carboxylic acids is 1. The molecule has 0 saturated carbocycles. The fourth-order valence-corrected chi connectivity index (χ4v) is 4.79. The highest BCUT2D eigenvalue weighted by molar-refractivity contribution is 8.00. The molecule has 0 radical (unpaired) electrons. The van der Waals surface area contributed by atoms with Gasteiger partial charge in [-0.25, -0.2) is 13.2 Å². The Bertz CT molecular complexity index is 871. The number of hydrogen-bond acceptors (Lipinski definition) is 3. The lowest BCUT2D eigenvalue weighted by atomic mass is 9.94. The minimum atomic E-state index is -1.58. The highest BCUT2D eigenvalue weighted by Crippen LogP contribution is 2.38. The molecule has 1 fully saturated rings. The van der Waals surface area contributed by atoms with Crippen molar-refractivity contribution >= 4 is 35.0 Å². The van der Waals surface area contributed by atoms with Crippen LogP contribution in [-0.2, 0) is 0 Å². The predicted octanol–water partition coefficient (Wildman–Crippen LogP) is 5.63. The number of benzene rings is 2. The molecule has 3 rings (SSSR count). The Hall–Kier alpha value is -1.70. The smallest absolute Gasteiger partial charge is 0.255 e. The fourth-order valence-electron chi connectivity index (χ4n) is 3.21. The van der Waals surface area contributed by atoms with E-state index in [1.54, 1.807) is 23.9 Å². The van der Waals surface area contributed by atoms with E-state index in [2.05, 4.69) is 24.5 Å². The van der Waals surface area contributed by atoms with Crippen LogP contribution in [0.4, 0.5) is 18.9 Å². The molecule has 3 nitrogen and oxygen atoms in total. The van der Waals surface area contributed by atoms with Crippen molar-refractivity contribution in [2.75, 3.05) is 5.32 Å². The van der Waals surface area contributed by atoms with Crippen LogP contribution in [0.3, 0.4) is 0 Å². The molecule has 0 bridgehead atoms. The van der Waals surface area contributed by atoms with Gasteiger partial charge in [0.25, 0.3) is 5.91 Å². The zero-order chi connectivity index (χ0) is 20.4. The summed E-state index contributed by atoms with van der Waals surface area (Å²) in [5.41, 5.74) is 0.134. The Morgan fingerprint density at radius 3 is 2.50 bits per heavy atom. The maximum Gasteiger partial charge on any atom is 0.255 e. The van der Waals surface area contributed by atoms with Gasteiger partial charge in [0.15, 0.2) is 17.5 Å². The summed E-state index contributed by atoms with van der Waals surface area (Å²) < 4.78 is 39.7. The van der Waals surface area contributed by atoms with Crippen LogP contribution in [0.15, 0.2) is 35.2 Å². The fraction of sp³-hybridized carbons (Fsp3) is 0.350. The monoisotopic (exact) mass is 428 g/mol. The van der Waals surface area contributed by atoms with E-state index in [1.165, 1.54) is 6.07 Å². The molecule has 1 aliphatic heterocycles. The molecule has 0 aliphatic carbocycles. The normalized spacial score (nSPS) is 21.3. The van der Waals surface area contributed by atoms with E-state index in [-0.39, 0.29) is 5.69 Å². The largest absolute Gasteiger partial charge is 0.322 e. The lowest BCUT2D eigenvalue weighted by Gasteiger charge is -2.44. The van der Waals surface area contributed by atoms with Crippen molar-refractivity contribution in [3.8, 4) is 0 Å². The molecule has 28 heavy (non-hydrogen) atoms. The van der Waals surface area contributed by atoms with E-state index in [4.69, 9.17) is 11.6 Å². The third-order valence-corrected chi connectivity index (χ3v) is 6.71. The topological polar surface area (TPSA) is 41.1 Å². The van der Waals surface area contributed by atoms with Crippen LogP contribution in [0, 0.1) is 17.5 Å². The number of hydrogen-bond donors (Lipinski definition) is 2. The first-order chi connectivity index (χ1) is 13.3. The second-order valence-corrected chi connectivity index (χ2v) is 8.41. The first-order valence-electron chi connectivity index (χ1n) is 8.98. The van der Waals surface area contributed by atoms with Gasteiger partial charge in [-0.3, -0.25) is 4.79 Å². The van der Waals surface area contributed by atoms with Gasteiger partial charge in [0, 0.05) is 45.6 Å². The van der Waals surface area contributed by atoms with Crippen molar-refractivity contribution < 1.29 is 18.0 Å². The average molecular weight is 429 g/mol. The second-order valence-electron chi connectivity index (χ2n) is 6.79. The number of rotatable bonds is 6. The van der Waals surface area contributed by atoms with E-state index in [0.29, 0.717) is 27.9 Å². The van der Waals surface area contributed by atoms with Gasteiger partial charge in [0.1, 0.15) is 0 Å². The lowest BCUT2D eigenvalue weighted by molar-refractivity contribution is 0.102. The molecule has 2 aromatic carbocycles. The first-order valence-corrected chi connectivity index (χ1v) is 10.2. The molecule has 1 amide bonds. The van der Waals surface area contributed by atoms with Gasteiger partial charge in [-0.2, -0.15) is 0 Å². The standard InChI is InChI=1S/C20H20ClF3N2OS/c1-3-4-16-19(10(2)25-16)28-17-7-11(5-6-13(17)21)20(27)26-12-8-14(22)18(24)15(23)9-12/h5-10,16,19,25H,3-4H2,1-2H3,(H,26,27). The van der Waals surface area contributed by atoms with Gasteiger partial charge in [-0.1, -0.05) is 24.9 Å². The number of thioether (sulfide) groups is 1. The van der Waals surface area contributed by atoms with Gasteiger partial charge >= 0.3 is 0 Å². The molecule has 8 heteroatoms. The number of halogens is 4. The molecule has 1 saturated heterocycles. The Kier molecular flexibility index (Phi) is 6.58. The SMILES string of the molecule is CCCC1NC(C)C1Sc1cc(C(=O)Nc2cc(F)c(F)c(F)c2)ccc1Cl. The summed E-state index contributed by atoms with van der Waals surface area (Å²) in [6, 6.07) is 7.01. The van der Waals surface area contributed by atoms with Crippen LogP contribution in [-0.4, -0.2) is 23.2 Å². The van der Waals surface area contributed by atoms with E-state index < -0.39 is 23.4 Å². The Morgan fingerprint density at radius 2 is 1.89 bits per heavy atom. The number of anilines is 1. The minimum Gasteiger partial charge on any atom is -0.322 e. The molecule has 1 heterocycles. The van der Waals surface area contributed by atoms with Crippen molar-refractivity contribution in [1.29, 1.82) is 0 Å². The van der Waals surface area contributed by atoms with Crippen LogP contribution < -0.4 is 10.6 Å². The highest BCUT2D eigenvalue weighted by atomic mass is 35.5. The van der Waals surface area contributed by atoms with Gasteiger partial charge in [0.2, 0.25) is 0 Å². The summed E-state index contributed by atoms with van der Waals surface area (Å²) in [6.07, 6.45) is 2.13.